The van der Waals surface area contributed by atoms with Crippen LogP contribution in [0.5, 0.6) is 0 Å². The molecule has 0 amide bonds. The van der Waals surface area contributed by atoms with Gasteiger partial charge in [0.1, 0.15) is 4.75 Å². The van der Waals surface area contributed by atoms with Crippen LogP contribution in [0.25, 0.3) is 0 Å². The average molecular weight is 373 g/mol. The van der Waals surface area contributed by atoms with Crippen LogP contribution in [0.3, 0.4) is 0 Å². The van der Waals surface area contributed by atoms with Gasteiger partial charge in [-0.25, -0.2) is 0 Å². The van der Waals surface area contributed by atoms with Crippen LogP contribution in [-0.2, 0) is 4.79 Å². The normalized spacial score (nSPS) is 11.8. The summed E-state index contributed by atoms with van der Waals surface area (Å²) >= 11 is 4.56. The summed E-state index contributed by atoms with van der Waals surface area (Å²) in [6.07, 6.45) is 21.4. The number of hydrogen-bond donors (Lipinski definition) is 2. The molecule has 150 valence electrons. The largest absolute Gasteiger partial charge is 0.480 e. The molecule has 0 saturated carbocycles. The van der Waals surface area contributed by atoms with Crippen molar-refractivity contribution < 1.29 is 9.90 Å². The molecule has 0 spiro atoms. The molecule has 0 saturated heterocycles. The first-order valence-corrected chi connectivity index (χ1v) is 11.5. The molecule has 0 aliphatic carbocycles. The summed E-state index contributed by atoms with van der Waals surface area (Å²) in [5.41, 5.74) is 0. The maximum Gasteiger partial charge on any atom is 0.319 e. The predicted molar refractivity (Wildman–Crippen MR) is 114 cm³/mol. The van der Waals surface area contributed by atoms with E-state index in [1.165, 1.54) is 77.0 Å². The van der Waals surface area contributed by atoms with E-state index < -0.39 is 10.7 Å². The standard InChI is InChI=1S/C22H44O2S/c1-3-5-7-9-11-13-15-17-19-22(25,21(23)24)20-18-16-14-12-10-8-6-4-2/h25H,3-20H2,1-2H3,(H,23,24). The fourth-order valence-electron chi connectivity index (χ4n) is 3.44. The Balaban J connectivity index is 3.73. The lowest BCUT2D eigenvalue weighted by atomic mass is 9.93. The maximum atomic E-state index is 11.6. The lowest BCUT2D eigenvalue weighted by Crippen LogP contribution is -2.32. The number of carboxylic acid groups (broad SMARTS) is 1. The van der Waals surface area contributed by atoms with E-state index in [0.717, 1.165) is 38.5 Å². The first-order chi connectivity index (χ1) is 12.1. The molecular weight excluding hydrogens is 328 g/mol. The van der Waals surface area contributed by atoms with Gasteiger partial charge in [-0.3, -0.25) is 4.79 Å². The van der Waals surface area contributed by atoms with Gasteiger partial charge in [0.25, 0.3) is 0 Å². The zero-order valence-electron chi connectivity index (χ0n) is 17.0. The quantitative estimate of drug-likeness (QED) is 0.179. The summed E-state index contributed by atoms with van der Waals surface area (Å²) in [5, 5.41) is 9.56. The Morgan fingerprint density at radius 1 is 0.640 bits per heavy atom. The number of aliphatic carboxylic acids is 1. The molecule has 0 aliphatic heterocycles. The van der Waals surface area contributed by atoms with Crippen LogP contribution in [-0.4, -0.2) is 15.8 Å². The fraction of sp³-hybridized carbons (Fsp3) is 0.955. The molecule has 0 radical (unpaired) electrons. The maximum absolute atomic E-state index is 11.6. The van der Waals surface area contributed by atoms with Gasteiger partial charge in [0.15, 0.2) is 0 Å². The summed E-state index contributed by atoms with van der Waals surface area (Å²) < 4.78 is -0.801. The third kappa shape index (κ3) is 14.7. The van der Waals surface area contributed by atoms with E-state index in [0.29, 0.717) is 0 Å². The molecule has 0 aromatic rings. The number of unbranched alkanes of at least 4 members (excludes halogenated alkanes) is 14. The van der Waals surface area contributed by atoms with Crippen molar-refractivity contribution in [2.75, 3.05) is 0 Å². The number of hydrogen-bond acceptors (Lipinski definition) is 2. The minimum atomic E-state index is -0.801. The zero-order chi connectivity index (χ0) is 18.8. The molecule has 0 bridgehead atoms. The molecule has 0 rings (SSSR count). The van der Waals surface area contributed by atoms with Crippen molar-refractivity contribution in [1.29, 1.82) is 0 Å². The van der Waals surface area contributed by atoms with E-state index in [4.69, 9.17) is 0 Å². The van der Waals surface area contributed by atoms with E-state index in [9.17, 15) is 9.90 Å². The molecule has 0 aliphatic rings. The highest BCUT2D eigenvalue weighted by atomic mass is 32.1. The van der Waals surface area contributed by atoms with Crippen molar-refractivity contribution in [1.82, 2.24) is 0 Å². The van der Waals surface area contributed by atoms with Crippen molar-refractivity contribution in [2.24, 2.45) is 0 Å². The van der Waals surface area contributed by atoms with E-state index in [2.05, 4.69) is 26.5 Å². The topological polar surface area (TPSA) is 37.3 Å². The second-order valence-electron chi connectivity index (χ2n) is 7.79. The molecule has 0 fully saturated rings. The molecular formula is C22H44O2S. The Bertz CT molecular complexity index is 284. The third-order valence-corrected chi connectivity index (χ3v) is 5.92. The van der Waals surface area contributed by atoms with E-state index in [1.807, 2.05) is 0 Å². The molecule has 0 unspecified atom stereocenters. The Labute approximate surface area is 163 Å². The number of rotatable bonds is 19. The molecule has 0 atom stereocenters. The zero-order valence-corrected chi connectivity index (χ0v) is 17.9. The van der Waals surface area contributed by atoms with Crippen LogP contribution < -0.4 is 0 Å². The van der Waals surface area contributed by atoms with Crippen LogP contribution in [0.15, 0.2) is 0 Å². The number of thiol groups is 1. The van der Waals surface area contributed by atoms with Gasteiger partial charge in [-0.1, -0.05) is 117 Å². The van der Waals surface area contributed by atoms with Gasteiger partial charge in [0.05, 0.1) is 0 Å². The number of carboxylic acids is 1. The van der Waals surface area contributed by atoms with Gasteiger partial charge in [0, 0.05) is 0 Å². The van der Waals surface area contributed by atoms with Gasteiger partial charge < -0.3 is 5.11 Å². The Hall–Kier alpha value is -0.180. The van der Waals surface area contributed by atoms with Gasteiger partial charge in [-0.05, 0) is 12.8 Å². The van der Waals surface area contributed by atoms with Crippen LogP contribution in [0.4, 0.5) is 0 Å². The summed E-state index contributed by atoms with van der Waals surface area (Å²) in [4.78, 5) is 11.6. The van der Waals surface area contributed by atoms with Gasteiger partial charge >= 0.3 is 5.97 Å². The minimum absolute atomic E-state index is 0.719. The minimum Gasteiger partial charge on any atom is -0.480 e. The summed E-state index contributed by atoms with van der Waals surface area (Å²) in [5.74, 6) is -0.721. The van der Waals surface area contributed by atoms with Crippen molar-refractivity contribution in [3.63, 3.8) is 0 Å². The van der Waals surface area contributed by atoms with Crippen molar-refractivity contribution in [2.45, 2.75) is 134 Å². The first kappa shape index (κ1) is 24.8. The van der Waals surface area contributed by atoms with E-state index >= 15 is 0 Å². The molecule has 0 heterocycles. The van der Waals surface area contributed by atoms with Crippen LogP contribution in [0.2, 0.25) is 0 Å². The van der Waals surface area contributed by atoms with Crippen molar-refractivity contribution in [3.8, 4) is 0 Å². The fourth-order valence-corrected chi connectivity index (χ4v) is 3.76. The predicted octanol–water partition coefficient (Wildman–Crippen LogP) is 7.80. The molecule has 0 aromatic carbocycles. The van der Waals surface area contributed by atoms with Gasteiger partial charge in [-0.2, -0.15) is 12.6 Å². The SMILES string of the molecule is CCCCCCCCCCC(S)(CCCCCCCCCC)C(=O)O. The highest BCUT2D eigenvalue weighted by Gasteiger charge is 2.32. The summed E-state index contributed by atoms with van der Waals surface area (Å²) in [6, 6.07) is 0. The molecule has 1 N–H and O–H groups in total. The Kier molecular flexibility index (Phi) is 17.1. The lowest BCUT2D eigenvalue weighted by Gasteiger charge is -2.23. The van der Waals surface area contributed by atoms with Crippen molar-refractivity contribution >= 4 is 18.6 Å². The lowest BCUT2D eigenvalue weighted by molar-refractivity contribution is -0.140. The smallest absolute Gasteiger partial charge is 0.319 e. The monoisotopic (exact) mass is 372 g/mol. The van der Waals surface area contributed by atoms with Gasteiger partial charge in [0.2, 0.25) is 0 Å². The summed E-state index contributed by atoms with van der Waals surface area (Å²) in [7, 11) is 0. The summed E-state index contributed by atoms with van der Waals surface area (Å²) in [6.45, 7) is 4.48. The molecule has 25 heavy (non-hydrogen) atoms. The van der Waals surface area contributed by atoms with Crippen LogP contribution in [0.1, 0.15) is 129 Å². The van der Waals surface area contributed by atoms with E-state index in [1.54, 1.807) is 0 Å². The Morgan fingerprint density at radius 3 is 1.20 bits per heavy atom. The van der Waals surface area contributed by atoms with Crippen LogP contribution in [0, 0.1) is 0 Å². The first-order valence-electron chi connectivity index (χ1n) is 11.0. The van der Waals surface area contributed by atoms with Gasteiger partial charge in [-0.15, -0.1) is 0 Å². The third-order valence-electron chi connectivity index (χ3n) is 5.29. The second-order valence-corrected chi connectivity index (χ2v) is 8.64. The number of carbonyl (C=O) groups is 1. The van der Waals surface area contributed by atoms with Crippen LogP contribution >= 0.6 is 12.6 Å². The van der Waals surface area contributed by atoms with E-state index in [-0.39, 0.29) is 0 Å². The molecule has 3 heteroatoms. The Morgan fingerprint density at radius 2 is 0.920 bits per heavy atom. The average Bonchev–Trinajstić information content (AvgIpc) is 2.59. The van der Waals surface area contributed by atoms with Crippen molar-refractivity contribution in [3.05, 3.63) is 0 Å². The highest BCUT2D eigenvalue weighted by Crippen LogP contribution is 2.30. The second kappa shape index (κ2) is 17.2. The molecule has 2 nitrogen and oxygen atoms in total. The molecule has 0 aromatic heterocycles. The highest BCUT2D eigenvalue weighted by molar-refractivity contribution is 7.82.